The molecule has 0 saturated heterocycles. The Morgan fingerprint density at radius 1 is 0.500 bits per heavy atom. The van der Waals surface area contributed by atoms with Gasteiger partial charge in [-0.15, -0.1) is 11.3 Å². The monoisotopic (exact) mass is 881 g/mol. The van der Waals surface area contributed by atoms with Crippen molar-refractivity contribution in [3.05, 3.63) is 205 Å². The SMILES string of the molecule is [C-]#[N+]c1c(-c2ccccc2)c(C#N)c(-n2c3ccc4oc5ccccc5c4c3c3ccc4c5ccccc5sc4c32)c(-c2ccccc2)c1-n1c2cccc3c4ccncc4c4cccc1c4c32. The predicted molar refractivity (Wildman–Crippen MR) is 281 cm³/mol. The van der Waals surface area contributed by atoms with Crippen LogP contribution in [0.5, 0.6) is 0 Å². The molecule has 0 bridgehead atoms. The first kappa shape index (κ1) is 37.0. The first-order valence-electron chi connectivity index (χ1n) is 22.5. The van der Waals surface area contributed by atoms with Crippen LogP contribution in [0.2, 0.25) is 0 Å². The molecule has 0 spiro atoms. The summed E-state index contributed by atoms with van der Waals surface area (Å²) < 4.78 is 13.6. The van der Waals surface area contributed by atoms with E-state index in [2.05, 4.69) is 152 Å². The van der Waals surface area contributed by atoms with E-state index in [1.54, 1.807) is 11.3 Å². The Hall–Kier alpha value is -9.27. The fraction of sp³-hybridized carbons (Fsp3) is 0. The van der Waals surface area contributed by atoms with Gasteiger partial charge in [-0.05, 0) is 69.8 Å². The number of nitriles is 1. The van der Waals surface area contributed by atoms with E-state index < -0.39 is 0 Å². The number of benzene rings is 10. The number of aromatic nitrogens is 3. The van der Waals surface area contributed by atoms with E-state index >= 15 is 0 Å². The molecule has 68 heavy (non-hydrogen) atoms. The zero-order valence-corrected chi connectivity index (χ0v) is 36.8. The first-order valence-corrected chi connectivity index (χ1v) is 23.4. The van der Waals surface area contributed by atoms with Crippen molar-refractivity contribution >= 4 is 124 Å². The third-order valence-corrected chi connectivity index (χ3v) is 15.4. The summed E-state index contributed by atoms with van der Waals surface area (Å²) in [4.78, 5) is 9.16. The van der Waals surface area contributed by atoms with Gasteiger partial charge in [-0.1, -0.05) is 133 Å². The van der Waals surface area contributed by atoms with E-state index in [0.717, 1.165) is 114 Å². The Balaban J connectivity index is 1.25. The topological polar surface area (TPSA) is 64.0 Å². The average Bonchev–Trinajstić information content (AvgIpc) is 4.16. The van der Waals surface area contributed by atoms with Crippen molar-refractivity contribution in [1.82, 2.24) is 14.1 Å². The van der Waals surface area contributed by atoms with Crippen LogP contribution in [-0.2, 0) is 0 Å². The third-order valence-electron chi connectivity index (χ3n) is 14.2. The van der Waals surface area contributed by atoms with Crippen molar-refractivity contribution in [2.75, 3.05) is 0 Å². The zero-order chi connectivity index (χ0) is 44.8. The number of pyridine rings is 1. The highest BCUT2D eigenvalue weighted by molar-refractivity contribution is 7.26. The molecule has 0 aliphatic carbocycles. The molecule has 5 heterocycles. The van der Waals surface area contributed by atoms with E-state index in [1.165, 1.54) is 10.1 Å². The minimum atomic E-state index is 0.402. The summed E-state index contributed by atoms with van der Waals surface area (Å²) in [6, 6.07) is 63.9. The van der Waals surface area contributed by atoms with Crippen LogP contribution in [0.4, 0.5) is 5.69 Å². The maximum atomic E-state index is 12.1. The molecular formula is C61H31N5OS. The first-order chi connectivity index (χ1) is 33.7. The lowest BCUT2D eigenvalue weighted by Gasteiger charge is -2.25. The summed E-state index contributed by atoms with van der Waals surface area (Å²) in [5, 5.41) is 25.2. The van der Waals surface area contributed by atoms with Crippen LogP contribution in [0, 0.1) is 17.9 Å². The molecular weight excluding hydrogens is 851 g/mol. The van der Waals surface area contributed by atoms with Gasteiger partial charge in [-0.2, -0.15) is 5.26 Å². The Bertz CT molecular complexity index is 4660. The summed E-state index contributed by atoms with van der Waals surface area (Å²) in [5.41, 5.74) is 10.8. The van der Waals surface area contributed by atoms with Gasteiger partial charge in [0.2, 0.25) is 5.69 Å². The zero-order valence-electron chi connectivity index (χ0n) is 36.0. The molecule has 10 aromatic carbocycles. The standard InChI is InChI=1S/C61H31N5OS/c1-63-57-51(34-14-4-2-5-15-34)43(32-62)58(52(35-16-6-3-7-17-35)60(57)65-45-22-12-20-38-36-30-31-64-33-44(36)39-21-13-23-46(65)54(39)53(38)45)66-47-28-29-49-56(41-19-8-10-24-48(41)67-49)55(47)42-27-26-40-37-18-9-11-25-50(37)68-61(40)59(42)66/h2-31,33H. The maximum Gasteiger partial charge on any atom is 0.220 e. The fourth-order valence-electron chi connectivity index (χ4n) is 11.6. The van der Waals surface area contributed by atoms with Gasteiger partial charge in [0, 0.05) is 76.7 Å². The molecule has 0 N–H and O–H groups in total. The molecule has 0 aliphatic rings. The van der Waals surface area contributed by atoms with Gasteiger partial charge in [0.25, 0.3) is 0 Å². The van der Waals surface area contributed by atoms with Crippen molar-refractivity contribution in [2.24, 2.45) is 0 Å². The van der Waals surface area contributed by atoms with Crippen LogP contribution < -0.4 is 0 Å². The maximum absolute atomic E-state index is 12.1. The molecule has 312 valence electrons. The molecule has 0 aliphatic heterocycles. The molecule has 5 aromatic heterocycles. The molecule has 0 unspecified atom stereocenters. The molecule has 0 atom stereocenters. The molecule has 0 radical (unpaired) electrons. The second-order valence-corrected chi connectivity index (χ2v) is 18.5. The second kappa shape index (κ2) is 13.6. The van der Waals surface area contributed by atoms with Gasteiger partial charge in [0.15, 0.2) is 0 Å². The molecule has 0 amide bonds. The van der Waals surface area contributed by atoms with Gasteiger partial charge >= 0.3 is 0 Å². The third kappa shape index (κ3) is 4.69. The van der Waals surface area contributed by atoms with Gasteiger partial charge in [0.1, 0.15) is 17.2 Å². The fourth-order valence-corrected chi connectivity index (χ4v) is 12.8. The van der Waals surface area contributed by atoms with E-state index in [0.29, 0.717) is 28.2 Å². The Kier molecular flexibility index (Phi) is 7.42. The van der Waals surface area contributed by atoms with Crippen LogP contribution in [0.25, 0.3) is 146 Å². The van der Waals surface area contributed by atoms with Crippen LogP contribution >= 0.6 is 11.3 Å². The summed E-state index contributed by atoms with van der Waals surface area (Å²) in [6.45, 7) is 9.33. The number of rotatable bonds is 4. The van der Waals surface area contributed by atoms with Crippen LogP contribution in [0.3, 0.4) is 0 Å². The number of fused-ring (bicyclic) bond motifs is 14. The highest BCUT2D eigenvalue weighted by Crippen LogP contribution is 2.55. The lowest BCUT2D eigenvalue weighted by Crippen LogP contribution is -2.08. The summed E-state index contributed by atoms with van der Waals surface area (Å²) in [6.07, 6.45) is 3.83. The Morgan fingerprint density at radius 3 is 1.88 bits per heavy atom. The average molecular weight is 882 g/mol. The van der Waals surface area contributed by atoms with E-state index in [1.807, 2.05) is 60.9 Å². The number of hydrogen-bond acceptors (Lipinski definition) is 4. The minimum absolute atomic E-state index is 0.402. The lowest BCUT2D eigenvalue weighted by molar-refractivity contribution is 0.669. The number of furan rings is 1. The van der Waals surface area contributed by atoms with Crippen LogP contribution in [0.1, 0.15) is 5.56 Å². The van der Waals surface area contributed by atoms with Crippen molar-refractivity contribution in [3.63, 3.8) is 0 Å². The van der Waals surface area contributed by atoms with Gasteiger partial charge in [0.05, 0.1) is 50.3 Å². The van der Waals surface area contributed by atoms with Crippen molar-refractivity contribution in [2.45, 2.75) is 0 Å². The van der Waals surface area contributed by atoms with Crippen molar-refractivity contribution in [3.8, 4) is 39.7 Å². The molecule has 0 saturated carbocycles. The highest BCUT2D eigenvalue weighted by Gasteiger charge is 2.33. The van der Waals surface area contributed by atoms with Gasteiger partial charge in [-0.3, -0.25) is 4.98 Å². The van der Waals surface area contributed by atoms with E-state index in [4.69, 9.17) is 4.42 Å². The highest BCUT2D eigenvalue weighted by atomic mass is 32.1. The van der Waals surface area contributed by atoms with Crippen molar-refractivity contribution < 1.29 is 4.42 Å². The Morgan fingerprint density at radius 2 is 1.13 bits per heavy atom. The number of para-hydroxylation sites is 1. The van der Waals surface area contributed by atoms with Crippen molar-refractivity contribution in [1.29, 1.82) is 5.26 Å². The number of hydrogen-bond donors (Lipinski definition) is 0. The smallest absolute Gasteiger partial charge is 0.220 e. The van der Waals surface area contributed by atoms with Crippen LogP contribution in [-0.4, -0.2) is 14.1 Å². The molecule has 15 rings (SSSR count). The van der Waals surface area contributed by atoms with Crippen LogP contribution in [0.15, 0.2) is 193 Å². The predicted octanol–water partition coefficient (Wildman–Crippen LogP) is 17.0. The normalized spacial score (nSPS) is 12.1. The minimum Gasteiger partial charge on any atom is -0.456 e. The molecule has 0 fully saturated rings. The molecule has 15 aromatic rings. The Labute approximate surface area is 391 Å². The van der Waals surface area contributed by atoms with Gasteiger partial charge < -0.3 is 13.6 Å². The summed E-state index contributed by atoms with van der Waals surface area (Å²) >= 11 is 1.77. The van der Waals surface area contributed by atoms with Gasteiger partial charge in [-0.25, -0.2) is 4.85 Å². The molecule has 7 heteroatoms. The number of thiophene rings is 1. The van der Waals surface area contributed by atoms with E-state index in [9.17, 15) is 11.8 Å². The lowest BCUT2D eigenvalue weighted by atomic mass is 9.88. The summed E-state index contributed by atoms with van der Waals surface area (Å²) in [7, 11) is 0. The number of nitrogens with zero attached hydrogens (tertiary/aromatic N) is 5. The largest absolute Gasteiger partial charge is 0.456 e. The second-order valence-electron chi connectivity index (χ2n) is 17.5. The quantitative estimate of drug-likeness (QED) is 0.131. The van der Waals surface area contributed by atoms with E-state index in [-0.39, 0.29) is 0 Å². The summed E-state index contributed by atoms with van der Waals surface area (Å²) in [5.74, 6) is 0. The molecule has 6 nitrogen and oxygen atoms in total.